The van der Waals surface area contributed by atoms with E-state index in [9.17, 15) is 4.79 Å². The maximum absolute atomic E-state index is 11.8. The number of hydrogen-bond acceptors (Lipinski definition) is 3. The number of benzene rings is 1. The number of urea groups is 1. The molecule has 21 heavy (non-hydrogen) atoms. The first-order valence-corrected chi connectivity index (χ1v) is 6.98. The molecule has 0 saturated heterocycles. The van der Waals surface area contributed by atoms with Gasteiger partial charge in [0, 0.05) is 30.7 Å². The van der Waals surface area contributed by atoms with Crippen LogP contribution in [0.15, 0.2) is 42.7 Å². The Bertz CT molecular complexity index is 550. The molecule has 0 aliphatic carbocycles. The van der Waals surface area contributed by atoms with Crippen molar-refractivity contribution in [1.29, 1.82) is 0 Å². The Morgan fingerprint density at radius 2 is 2.10 bits per heavy atom. The van der Waals surface area contributed by atoms with E-state index >= 15 is 0 Å². The minimum atomic E-state index is -0.212. The molecule has 0 aliphatic heterocycles. The molecule has 1 atom stereocenters. The van der Waals surface area contributed by atoms with Crippen LogP contribution in [0.2, 0.25) is 0 Å². The van der Waals surface area contributed by atoms with Gasteiger partial charge in [0.1, 0.15) is 0 Å². The van der Waals surface area contributed by atoms with Crippen molar-refractivity contribution in [2.45, 2.75) is 19.5 Å². The molecule has 0 radical (unpaired) electrons. The monoisotopic (exact) mass is 287 g/mol. The Morgan fingerprint density at radius 1 is 1.33 bits per heavy atom. The van der Waals surface area contributed by atoms with Crippen molar-refractivity contribution in [3.05, 3.63) is 48.3 Å². The molecular formula is C15H21N5O. The fourth-order valence-corrected chi connectivity index (χ4v) is 1.91. The van der Waals surface area contributed by atoms with Crippen LogP contribution >= 0.6 is 0 Å². The Hall–Kier alpha value is -2.34. The van der Waals surface area contributed by atoms with Gasteiger partial charge in [0.05, 0.1) is 6.54 Å². The van der Waals surface area contributed by atoms with Gasteiger partial charge in [-0.2, -0.15) is 5.10 Å². The quantitative estimate of drug-likeness (QED) is 0.761. The zero-order valence-electron chi connectivity index (χ0n) is 12.3. The summed E-state index contributed by atoms with van der Waals surface area (Å²) < 4.78 is 1.77. The van der Waals surface area contributed by atoms with Gasteiger partial charge in [0.15, 0.2) is 0 Å². The fourth-order valence-electron chi connectivity index (χ4n) is 1.91. The molecule has 2 amide bonds. The second kappa shape index (κ2) is 7.44. The number of anilines is 1. The van der Waals surface area contributed by atoms with Gasteiger partial charge in [-0.1, -0.05) is 12.1 Å². The predicted molar refractivity (Wildman–Crippen MR) is 83.2 cm³/mol. The topological polar surface area (TPSA) is 71.0 Å². The first kappa shape index (κ1) is 15.1. The first-order chi connectivity index (χ1) is 10.2. The van der Waals surface area contributed by atoms with Gasteiger partial charge in [-0.05, 0) is 37.7 Å². The highest BCUT2D eigenvalue weighted by Gasteiger charge is 2.04. The van der Waals surface area contributed by atoms with Crippen molar-refractivity contribution in [2.24, 2.45) is 0 Å². The lowest BCUT2D eigenvalue weighted by Crippen LogP contribution is -2.31. The van der Waals surface area contributed by atoms with E-state index < -0.39 is 0 Å². The van der Waals surface area contributed by atoms with Gasteiger partial charge in [0.2, 0.25) is 0 Å². The van der Waals surface area contributed by atoms with Crippen LogP contribution in [-0.4, -0.2) is 29.4 Å². The van der Waals surface area contributed by atoms with Crippen LogP contribution < -0.4 is 16.0 Å². The van der Waals surface area contributed by atoms with Crippen LogP contribution in [0.1, 0.15) is 18.5 Å². The highest BCUT2D eigenvalue weighted by atomic mass is 16.2. The number of aromatic nitrogens is 2. The van der Waals surface area contributed by atoms with E-state index in [1.165, 1.54) is 5.56 Å². The van der Waals surface area contributed by atoms with Gasteiger partial charge in [-0.3, -0.25) is 4.68 Å². The van der Waals surface area contributed by atoms with Gasteiger partial charge in [0.25, 0.3) is 0 Å². The van der Waals surface area contributed by atoms with Gasteiger partial charge in [-0.15, -0.1) is 0 Å². The highest BCUT2D eigenvalue weighted by molar-refractivity contribution is 5.89. The molecule has 0 spiro atoms. The minimum absolute atomic E-state index is 0.212. The van der Waals surface area contributed by atoms with Crippen molar-refractivity contribution < 1.29 is 4.79 Å². The van der Waals surface area contributed by atoms with Crippen molar-refractivity contribution in [3.8, 4) is 0 Å². The lowest BCUT2D eigenvalue weighted by atomic mass is 10.1. The molecule has 0 fully saturated rings. The number of carbonyl (C=O) groups excluding carboxylic acids is 1. The molecule has 3 N–H and O–H groups in total. The molecule has 112 valence electrons. The van der Waals surface area contributed by atoms with E-state index in [0.29, 0.717) is 19.1 Å². The van der Waals surface area contributed by atoms with Crippen LogP contribution in [0.3, 0.4) is 0 Å². The van der Waals surface area contributed by atoms with Gasteiger partial charge >= 0.3 is 6.03 Å². The number of hydrogen-bond donors (Lipinski definition) is 3. The largest absolute Gasteiger partial charge is 0.336 e. The maximum atomic E-state index is 11.8. The number of nitrogens with one attached hydrogen (secondary N) is 3. The van der Waals surface area contributed by atoms with Crippen molar-refractivity contribution in [3.63, 3.8) is 0 Å². The third-order valence-electron chi connectivity index (χ3n) is 3.29. The molecule has 1 heterocycles. The number of amides is 2. The summed E-state index contributed by atoms with van der Waals surface area (Å²) in [5.41, 5.74) is 1.96. The molecule has 1 aromatic heterocycles. The molecule has 1 aromatic carbocycles. The molecule has 0 aliphatic rings. The Kier molecular flexibility index (Phi) is 5.34. The summed E-state index contributed by atoms with van der Waals surface area (Å²) in [6, 6.07) is 9.74. The van der Waals surface area contributed by atoms with E-state index in [4.69, 9.17) is 0 Å². The van der Waals surface area contributed by atoms with Crippen molar-refractivity contribution >= 4 is 11.7 Å². The second-order valence-corrected chi connectivity index (χ2v) is 4.78. The van der Waals surface area contributed by atoms with E-state index in [-0.39, 0.29) is 6.03 Å². The van der Waals surface area contributed by atoms with E-state index in [0.717, 1.165) is 5.69 Å². The van der Waals surface area contributed by atoms with E-state index in [1.54, 1.807) is 10.9 Å². The number of carbonyl (C=O) groups is 1. The van der Waals surface area contributed by atoms with Crippen LogP contribution in [-0.2, 0) is 6.54 Å². The minimum Gasteiger partial charge on any atom is -0.336 e. The first-order valence-electron chi connectivity index (χ1n) is 6.98. The van der Waals surface area contributed by atoms with Crippen LogP contribution in [0.5, 0.6) is 0 Å². The molecule has 0 bridgehead atoms. The maximum Gasteiger partial charge on any atom is 0.319 e. The molecular weight excluding hydrogens is 266 g/mol. The summed E-state index contributed by atoms with van der Waals surface area (Å²) in [4.78, 5) is 11.8. The van der Waals surface area contributed by atoms with Gasteiger partial charge in [-0.25, -0.2) is 4.79 Å². The van der Waals surface area contributed by atoms with Crippen molar-refractivity contribution in [2.75, 3.05) is 18.9 Å². The third kappa shape index (κ3) is 4.61. The molecule has 6 nitrogen and oxygen atoms in total. The summed E-state index contributed by atoms with van der Waals surface area (Å²) in [6.07, 6.45) is 3.58. The molecule has 1 unspecified atom stereocenters. The summed E-state index contributed by atoms with van der Waals surface area (Å²) in [7, 11) is 1.92. The number of nitrogens with zero attached hydrogens (tertiary/aromatic N) is 2. The molecule has 0 saturated carbocycles. The zero-order chi connectivity index (χ0) is 15.1. The Labute approximate surface area is 124 Å². The summed E-state index contributed by atoms with van der Waals surface area (Å²) >= 11 is 0. The van der Waals surface area contributed by atoms with Crippen LogP contribution in [0.4, 0.5) is 10.5 Å². The lowest BCUT2D eigenvalue weighted by molar-refractivity contribution is 0.251. The van der Waals surface area contributed by atoms with E-state index in [1.807, 2.05) is 43.6 Å². The molecule has 2 aromatic rings. The summed E-state index contributed by atoms with van der Waals surface area (Å²) in [5, 5.41) is 12.8. The van der Waals surface area contributed by atoms with Crippen LogP contribution in [0, 0.1) is 0 Å². The standard InChI is InChI=1S/C15H21N5O/c1-12(16-2)13-4-6-14(7-5-13)19-15(21)17-9-11-20-10-3-8-18-20/h3-8,10,12,16H,9,11H2,1-2H3,(H2,17,19,21). The normalized spacial score (nSPS) is 11.9. The Morgan fingerprint density at radius 3 is 2.71 bits per heavy atom. The average molecular weight is 287 g/mol. The summed E-state index contributed by atoms with van der Waals surface area (Å²) in [6.45, 7) is 3.27. The van der Waals surface area contributed by atoms with Gasteiger partial charge < -0.3 is 16.0 Å². The number of rotatable bonds is 6. The van der Waals surface area contributed by atoms with Crippen LogP contribution in [0.25, 0.3) is 0 Å². The molecule has 2 rings (SSSR count). The highest BCUT2D eigenvalue weighted by Crippen LogP contribution is 2.15. The smallest absolute Gasteiger partial charge is 0.319 e. The zero-order valence-corrected chi connectivity index (χ0v) is 12.3. The summed E-state index contributed by atoms with van der Waals surface area (Å²) in [5.74, 6) is 0. The van der Waals surface area contributed by atoms with Crippen molar-refractivity contribution in [1.82, 2.24) is 20.4 Å². The second-order valence-electron chi connectivity index (χ2n) is 4.78. The molecule has 6 heteroatoms. The lowest BCUT2D eigenvalue weighted by Gasteiger charge is -2.12. The Balaban J connectivity index is 1.77. The SMILES string of the molecule is CNC(C)c1ccc(NC(=O)NCCn2cccn2)cc1. The fraction of sp³-hybridized carbons (Fsp3) is 0.333. The third-order valence-corrected chi connectivity index (χ3v) is 3.29. The average Bonchev–Trinajstić information content (AvgIpc) is 3.00. The predicted octanol–water partition coefficient (Wildman–Crippen LogP) is 1.99. The van der Waals surface area contributed by atoms with E-state index in [2.05, 4.69) is 28.0 Å².